The number of carbonyl (C=O) groups is 1. The van der Waals surface area contributed by atoms with E-state index in [0.717, 1.165) is 5.69 Å². The number of nitro groups is 1. The fourth-order valence-corrected chi connectivity index (χ4v) is 4.10. The quantitative estimate of drug-likeness (QED) is 0.169. The van der Waals surface area contributed by atoms with Gasteiger partial charge in [-0.05, 0) is 52.4 Å². The summed E-state index contributed by atoms with van der Waals surface area (Å²) in [6.45, 7) is 0. The molecule has 0 saturated carbocycles. The Morgan fingerprint density at radius 3 is 2.32 bits per heavy atom. The second kappa shape index (κ2) is 9.07. The molecule has 0 fully saturated rings. The van der Waals surface area contributed by atoms with Crippen LogP contribution in [0.5, 0.6) is 0 Å². The van der Waals surface area contributed by atoms with Gasteiger partial charge in [-0.2, -0.15) is 4.68 Å². The maximum Gasteiger partial charge on any atom is 0.269 e. The molecule has 10 heteroatoms. The van der Waals surface area contributed by atoms with Gasteiger partial charge in [0, 0.05) is 22.7 Å². The van der Waals surface area contributed by atoms with E-state index in [9.17, 15) is 14.9 Å². The molecular formula is C21H14ClN5O3S. The summed E-state index contributed by atoms with van der Waals surface area (Å²) in [4.78, 5) is 23.9. The van der Waals surface area contributed by atoms with Crippen LogP contribution in [0.3, 0.4) is 0 Å². The molecule has 1 heterocycles. The SMILES string of the molecule is O=C(c1ccc(Cl)cc1)[C@H](Sc1nnnn1-c1ccccc1)c1ccc([N+](=O)[O-])cc1. The van der Waals surface area contributed by atoms with Crippen LogP contribution in [0.2, 0.25) is 5.02 Å². The largest absolute Gasteiger partial charge is 0.293 e. The number of halogens is 1. The standard InChI is InChI=1S/C21H14ClN5O3S/c22-16-10-6-14(7-11-16)19(28)20(15-8-12-18(13-9-15)27(29)30)31-21-23-24-25-26(21)17-4-2-1-3-5-17/h1-13,20H/t20-/m1/s1. The number of thioether (sulfide) groups is 1. The Bertz CT molecular complexity index is 1210. The highest BCUT2D eigenvalue weighted by Gasteiger charge is 2.27. The molecule has 0 saturated heterocycles. The predicted octanol–water partition coefficient (Wildman–Crippen LogP) is 4.94. The molecule has 0 aliphatic carbocycles. The molecule has 31 heavy (non-hydrogen) atoms. The lowest BCUT2D eigenvalue weighted by Gasteiger charge is -2.16. The van der Waals surface area contributed by atoms with Crippen LogP contribution in [0.1, 0.15) is 21.2 Å². The van der Waals surface area contributed by atoms with Crippen LogP contribution in [0.25, 0.3) is 5.69 Å². The topological polar surface area (TPSA) is 104 Å². The van der Waals surface area contributed by atoms with Crippen molar-refractivity contribution in [3.8, 4) is 5.69 Å². The number of carbonyl (C=O) groups excluding carboxylic acids is 1. The molecule has 0 spiro atoms. The van der Waals surface area contributed by atoms with Gasteiger partial charge in [0.25, 0.3) is 5.69 Å². The van der Waals surface area contributed by atoms with Gasteiger partial charge in [-0.25, -0.2) is 0 Å². The summed E-state index contributed by atoms with van der Waals surface area (Å²) in [6.07, 6.45) is 0. The van der Waals surface area contributed by atoms with Gasteiger partial charge in [-0.15, -0.1) is 5.10 Å². The van der Waals surface area contributed by atoms with Crippen LogP contribution in [-0.4, -0.2) is 30.9 Å². The average Bonchev–Trinajstić information content (AvgIpc) is 3.26. The summed E-state index contributed by atoms with van der Waals surface area (Å²) in [5, 5.41) is 23.1. The Labute approximate surface area is 186 Å². The number of nitrogens with zero attached hydrogens (tertiary/aromatic N) is 5. The maximum absolute atomic E-state index is 13.4. The number of Topliss-reactive ketones (excluding diaryl/α,β-unsaturated/α-hetero) is 1. The van der Waals surface area contributed by atoms with E-state index in [1.165, 1.54) is 28.6 Å². The summed E-state index contributed by atoms with van der Waals surface area (Å²) in [6, 6.07) is 21.7. The van der Waals surface area contributed by atoms with Crippen molar-refractivity contribution >= 4 is 34.8 Å². The van der Waals surface area contributed by atoms with Crippen molar-refractivity contribution in [1.29, 1.82) is 0 Å². The van der Waals surface area contributed by atoms with Crippen molar-refractivity contribution in [3.05, 3.63) is 105 Å². The molecular weight excluding hydrogens is 438 g/mol. The van der Waals surface area contributed by atoms with E-state index in [0.29, 0.717) is 21.3 Å². The number of hydrogen-bond acceptors (Lipinski definition) is 7. The van der Waals surface area contributed by atoms with Crippen LogP contribution in [0.15, 0.2) is 84.0 Å². The lowest BCUT2D eigenvalue weighted by Crippen LogP contribution is -2.11. The molecule has 0 aliphatic heterocycles. The van der Waals surface area contributed by atoms with Gasteiger partial charge in [-0.1, -0.05) is 53.7 Å². The van der Waals surface area contributed by atoms with Crippen LogP contribution in [-0.2, 0) is 0 Å². The number of aromatic nitrogens is 4. The summed E-state index contributed by atoms with van der Waals surface area (Å²) in [5.41, 5.74) is 1.74. The fraction of sp³-hybridized carbons (Fsp3) is 0.0476. The van der Waals surface area contributed by atoms with E-state index >= 15 is 0 Å². The molecule has 0 bridgehead atoms. The zero-order chi connectivity index (χ0) is 21.8. The Morgan fingerprint density at radius 2 is 1.68 bits per heavy atom. The number of tetrazole rings is 1. The van der Waals surface area contributed by atoms with Gasteiger partial charge in [0.05, 0.1) is 10.6 Å². The number of ketones is 1. The van der Waals surface area contributed by atoms with Gasteiger partial charge in [0.1, 0.15) is 5.25 Å². The summed E-state index contributed by atoms with van der Waals surface area (Å²) >= 11 is 7.12. The second-order valence-corrected chi connectivity index (χ2v) is 7.94. The van der Waals surface area contributed by atoms with Gasteiger partial charge in [0.2, 0.25) is 5.16 Å². The first-order valence-electron chi connectivity index (χ1n) is 9.07. The minimum Gasteiger partial charge on any atom is -0.293 e. The Morgan fingerprint density at radius 1 is 1.00 bits per heavy atom. The van der Waals surface area contributed by atoms with Crippen molar-refractivity contribution in [2.24, 2.45) is 0 Å². The van der Waals surface area contributed by atoms with Crippen molar-refractivity contribution in [3.63, 3.8) is 0 Å². The molecule has 1 aromatic heterocycles. The van der Waals surface area contributed by atoms with Crippen molar-refractivity contribution in [2.75, 3.05) is 0 Å². The highest BCUT2D eigenvalue weighted by molar-refractivity contribution is 8.00. The molecule has 0 unspecified atom stereocenters. The van der Waals surface area contributed by atoms with Crippen LogP contribution < -0.4 is 0 Å². The van der Waals surface area contributed by atoms with E-state index < -0.39 is 10.2 Å². The van der Waals surface area contributed by atoms with Gasteiger partial charge in [-0.3, -0.25) is 14.9 Å². The van der Waals surface area contributed by atoms with E-state index in [1.807, 2.05) is 30.3 Å². The number of nitro benzene ring substituents is 1. The Balaban J connectivity index is 1.73. The first kappa shape index (κ1) is 20.7. The number of para-hydroxylation sites is 1. The third kappa shape index (κ3) is 4.62. The van der Waals surface area contributed by atoms with Crippen molar-refractivity contribution in [2.45, 2.75) is 10.4 Å². The molecule has 0 N–H and O–H groups in total. The second-order valence-electron chi connectivity index (χ2n) is 6.43. The van der Waals surface area contributed by atoms with Crippen molar-refractivity contribution < 1.29 is 9.72 Å². The van der Waals surface area contributed by atoms with E-state index in [1.54, 1.807) is 36.4 Å². The van der Waals surface area contributed by atoms with E-state index in [4.69, 9.17) is 11.6 Å². The molecule has 0 aliphatic rings. The highest BCUT2D eigenvalue weighted by Crippen LogP contribution is 2.38. The smallest absolute Gasteiger partial charge is 0.269 e. The van der Waals surface area contributed by atoms with E-state index in [-0.39, 0.29) is 11.5 Å². The highest BCUT2D eigenvalue weighted by atomic mass is 35.5. The van der Waals surface area contributed by atoms with Crippen LogP contribution >= 0.6 is 23.4 Å². The number of benzene rings is 3. The summed E-state index contributed by atoms with van der Waals surface area (Å²) < 4.78 is 1.54. The first-order valence-corrected chi connectivity index (χ1v) is 10.3. The first-order chi connectivity index (χ1) is 15.0. The molecule has 4 aromatic rings. The third-order valence-corrected chi connectivity index (χ3v) is 5.88. The average molecular weight is 452 g/mol. The van der Waals surface area contributed by atoms with Gasteiger partial charge < -0.3 is 0 Å². The Kier molecular flexibility index (Phi) is 6.06. The predicted molar refractivity (Wildman–Crippen MR) is 117 cm³/mol. The van der Waals surface area contributed by atoms with Gasteiger partial charge >= 0.3 is 0 Å². The fourth-order valence-electron chi connectivity index (χ4n) is 2.90. The number of rotatable bonds is 7. The zero-order valence-corrected chi connectivity index (χ0v) is 17.4. The molecule has 4 rings (SSSR count). The minimum absolute atomic E-state index is 0.0550. The normalized spacial score (nSPS) is 11.8. The van der Waals surface area contributed by atoms with Crippen LogP contribution in [0, 0.1) is 10.1 Å². The molecule has 8 nitrogen and oxygen atoms in total. The zero-order valence-electron chi connectivity index (χ0n) is 15.8. The Hall–Kier alpha value is -3.56. The lowest BCUT2D eigenvalue weighted by atomic mass is 10.0. The minimum atomic E-state index is -0.726. The number of non-ortho nitro benzene ring substituents is 1. The van der Waals surface area contributed by atoms with Crippen LogP contribution in [0.4, 0.5) is 5.69 Å². The molecule has 0 radical (unpaired) electrons. The molecule has 1 atom stereocenters. The molecule has 154 valence electrons. The van der Waals surface area contributed by atoms with Gasteiger partial charge in [0.15, 0.2) is 5.78 Å². The van der Waals surface area contributed by atoms with E-state index in [2.05, 4.69) is 15.5 Å². The number of hydrogen-bond donors (Lipinski definition) is 0. The lowest BCUT2D eigenvalue weighted by molar-refractivity contribution is -0.384. The summed E-state index contributed by atoms with van der Waals surface area (Å²) in [7, 11) is 0. The third-order valence-electron chi connectivity index (χ3n) is 4.44. The molecule has 3 aromatic carbocycles. The maximum atomic E-state index is 13.4. The molecule has 0 amide bonds. The monoisotopic (exact) mass is 451 g/mol. The van der Waals surface area contributed by atoms with Crippen molar-refractivity contribution in [1.82, 2.24) is 20.2 Å². The summed E-state index contributed by atoms with van der Waals surface area (Å²) in [5.74, 6) is -0.196.